The molecule has 3 aromatic rings. The molecule has 0 atom stereocenters. The highest BCUT2D eigenvalue weighted by atomic mass is 16.1. The Kier molecular flexibility index (Phi) is 3.15. The molecule has 1 amide bonds. The van der Waals surface area contributed by atoms with Crippen molar-refractivity contribution < 1.29 is 4.79 Å². The van der Waals surface area contributed by atoms with Crippen LogP contribution in [0.15, 0.2) is 55.6 Å². The van der Waals surface area contributed by atoms with Crippen LogP contribution in [0.25, 0.3) is 5.95 Å². The zero-order valence-corrected chi connectivity index (χ0v) is 10.3. The standard InChI is InChI=1S/C13H10N6O/c20-12(10-2-1-3-14-6-10)18-11-7-16-13(17-8-11)19-5-4-15-9-19/h1-9H,(H,18,20). The van der Waals surface area contributed by atoms with Gasteiger partial charge in [-0.05, 0) is 12.1 Å². The number of rotatable bonds is 3. The van der Waals surface area contributed by atoms with E-state index in [1.54, 1.807) is 41.6 Å². The van der Waals surface area contributed by atoms with Crippen molar-refractivity contribution in [3.8, 4) is 5.95 Å². The second kappa shape index (κ2) is 5.27. The summed E-state index contributed by atoms with van der Waals surface area (Å²) < 4.78 is 1.67. The molecule has 3 heterocycles. The second-order valence-electron chi connectivity index (χ2n) is 3.94. The largest absolute Gasteiger partial charge is 0.319 e. The van der Waals surface area contributed by atoms with Gasteiger partial charge in [-0.1, -0.05) is 0 Å². The Morgan fingerprint density at radius 2 is 1.95 bits per heavy atom. The van der Waals surface area contributed by atoms with Gasteiger partial charge in [0.05, 0.1) is 23.6 Å². The summed E-state index contributed by atoms with van der Waals surface area (Å²) in [6.07, 6.45) is 11.2. The van der Waals surface area contributed by atoms with Gasteiger partial charge in [-0.2, -0.15) is 0 Å². The smallest absolute Gasteiger partial charge is 0.257 e. The first-order chi connectivity index (χ1) is 9.83. The molecular formula is C13H10N6O. The third-order valence-corrected chi connectivity index (χ3v) is 2.56. The summed E-state index contributed by atoms with van der Waals surface area (Å²) in [5.74, 6) is 0.235. The molecule has 20 heavy (non-hydrogen) atoms. The van der Waals surface area contributed by atoms with E-state index in [-0.39, 0.29) is 5.91 Å². The molecule has 0 aliphatic heterocycles. The predicted octanol–water partition coefficient (Wildman–Crippen LogP) is 1.31. The molecule has 0 fully saturated rings. The van der Waals surface area contributed by atoms with Gasteiger partial charge in [0, 0.05) is 24.8 Å². The Bertz CT molecular complexity index is 693. The molecule has 7 nitrogen and oxygen atoms in total. The second-order valence-corrected chi connectivity index (χ2v) is 3.94. The summed E-state index contributed by atoms with van der Waals surface area (Å²) in [5.41, 5.74) is 0.994. The van der Waals surface area contributed by atoms with E-state index in [4.69, 9.17) is 0 Å². The summed E-state index contributed by atoms with van der Waals surface area (Å²) >= 11 is 0. The highest BCUT2D eigenvalue weighted by Gasteiger charge is 2.06. The molecule has 0 aromatic carbocycles. The maximum absolute atomic E-state index is 11.9. The monoisotopic (exact) mass is 266 g/mol. The molecule has 98 valence electrons. The first kappa shape index (κ1) is 12.0. The Hall–Kier alpha value is -3.09. The van der Waals surface area contributed by atoms with Crippen molar-refractivity contribution in [2.75, 3.05) is 5.32 Å². The number of nitrogens with one attached hydrogen (secondary N) is 1. The quantitative estimate of drug-likeness (QED) is 0.772. The number of anilines is 1. The highest BCUT2D eigenvalue weighted by molar-refractivity contribution is 6.03. The molecule has 7 heteroatoms. The number of imidazole rings is 1. The molecular weight excluding hydrogens is 256 g/mol. The highest BCUT2D eigenvalue weighted by Crippen LogP contribution is 2.08. The van der Waals surface area contributed by atoms with Crippen LogP contribution < -0.4 is 5.32 Å². The molecule has 0 spiro atoms. The molecule has 0 radical (unpaired) electrons. The molecule has 0 unspecified atom stereocenters. The van der Waals surface area contributed by atoms with E-state index < -0.39 is 0 Å². The lowest BCUT2D eigenvalue weighted by Crippen LogP contribution is -2.12. The Balaban J connectivity index is 1.74. The van der Waals surface area contributed by atoms with Crippen LogP contribution in [0.3, 0.4) is 0 Å². The molecule has 0 aliphatic rings. The van der Waals surface area contributed by atoms with Crippen LogP contribution >= 0.6 is 0 Å². The molecule has 3 aromatic heterocycles. The van der Waals surface area contributed by atoms with Gasteiger partial charge >= 0.3 is 0 Å². The minimum Gasteiger partial charge on any atom is -0.319 e. The summed E-state index contributed by atoms with van der Waals surface area (Å²) in [5, 5.41) is 2.70. The van der Waals surface area contributed by atoms with Gasteiger partial charge in [0.25, 0.3) is 5.91 Å². The fourth-order valence-electron chi connectivity index (χ4n) is 1.60. The third-order valence-electron chi connectivity index (χ3n) is 2.56. The maximum atomic E-state index is 11.9. The van der Waals surface area contributed by atoms with Crippen molar-refractivity contribution in [1.29, 1.82) is 0 Å². The van der Waals surface area contributed by atoms with Crippen LogP contribution in [0.1, 0.15) is 10.4 Å². The van der Waals surface area contributed by atoms with Gasteiger partial charge in [0.15, 0.2) is 0 Å². The van der Waals surface area contributed by atoms with Crippen molar-refractivity contribution in [3.05, 3.63) is 61.2 Å². The SMILES string of the molecule is O=C(Nc1cnc(-n2ccnc2)nc1)c1cccnc1. The molecule has 3 rings (SSSR count). The average molecular weight is 266 g/mol. The van der Waals surface area contributed by atoms with Crippen LogP contribution in [-0.4, -0.2) is 30.4 Å². The predicted molar refractivity (Wildman–Crippen MR) is 71.3 cm³/mol. The van der Waals surface area contributed by atoms with Crippen LogP contribution in [0, 0.1) is 0 Å². The normalized spacial score (nSPS) is 10.2. The number of hydrogen-bond donors (Lipinski definition) is 1. The van der Waals surface area contributed by atoms with Gasteiger partial charge < -0.3 is 5.32 Å². The van der Waals surface area contributed by atoms with Crippen LogP contribution in [0.4, 0.5) is 5.69 Å². The number of nitrogens with zero attached hydrogens (tertiary/aromatic N) is 5. The third kappa shape index (κ3) is 2.51. The van der Waals surface area contributed by atoms with Crippen molar-refractivity contribution in [3.63, 3.8) is 0 Å². The Morgan fingerprint density at radius 3 is 2.60 bits per heavy atom. The van der Waals surface area contributed by atoms with Crippen molar-refractivity contribution in [2.24, 2.45) is 0 Å². The van der Waals surface area contributed by atoms with E-state index in [0.717, 1.165) is 0 Å². The van der Waals surface area contributed by atoms with Crippen LogP contribution in [0.5, 0.6) is 0 Å². The lowest BCUT2D eigenvalue weighted by molar-refractivity contribution is 0.102. The maximum Gasteiger partial charge on any atom is 0.257 e. The van der Waals surface area contributed by atoms with Gasteiger partial charge in [-0.25, -0.2) is 15.0 Å². The first-order valence-corrected chi connectivity index (χ1v) is 5.85. The lowest BCUT2D eigenvalue weighted by atomic mass is 10.2. The first-order valence-electron chi connectivity index (χ1n) is 5.85. The number of hydrogen-bond acceptors (Lipinski definition) is 5. The van der Waals surface area contributed by atoms with Crippen molar-refractivity contribution >= 4 is 11.6 Å². The molecule has 0 saturated carbocycles. The molecule has 1 N–H and O–H groups in total. The van der Waals surface area contributed by atoms with E-state index in [2.05, 4.69) is 25.3 Å². The van der Waals surface area contributed by atoms with Gasteiger partial charge in [0.2, 0.25) is 5.95 Å². The number of carbonyl (C=O) groups is 1. The zero-order valence-electron chi connectivity index (χ0n) is 10.3. The van der Waals surface area contributed by atoms with Gasteiger partial charge in [0.1, 0.15) is 6.33 Å². The Morgan fingerprint density at radius 1 is 1.10 bits per heavy atom. The summed E-state index contributed by atoms with van der Waals surface area (Å²) in [4.78, 5) is 28.0. The van der Waals surface area contributed by atoms with E-state index in [0.29, 0.717) is 17.2 Å². The number of carbonyl (C=O) groups excluding carboxylic acids is 1. The van der Waals surface area contributed by atoms with Gasteiger partial charge in [-0.15, -0.1) is 0 Å². The van der Waals surface area contributed by atoms with E-state index in [1.807, 2.05) is 0 Å². The number of pyridine rings is 1. The summed E-state index contributed by atoms with van der Waals surface area (Å²) in [7, 11) is 0. The average Bonchev–Trinajstić information content (AvgIpc) is 3.03. The van der Waals surface area contributed by atoms with Crippen LogP contribution in [-0.2, 0) is 0 Å². The topological polar surface area (TPSA) is 85.6 Å². The summed E-state index contributed by atoms with van der Waals surface area (Å²) in [6.45, 7) is 0. The number of amides is 1. The zero-order chi connectivity index (χ0) is 13.8. The van der Waals surface area contributed by atoms with E-state index in [9.17, 15) is 4.79 Å². The minimum absolute atomic E-state index is 0.253. The van der Waals surface area contributed by atoms with E-state index >= 15 is 0 Å². The molecule has 0 saturated heterocycles. The van der Waals surface area contributed by atoms with Crippen molar-refractivity contribution in [1.82, 2.24) is 24.5 Å². The lowest BCUT2D eigenvalue weighted by Gasteiger charge is -2.05. The van der Waals surface area contributed by atoms with Crippen molar-refractivity contribution in [2.45, 2.75) is 0 Å². The fraction of sp³-hybridized carbons (Fsp3) is 0. The summed E-state index contributed by atoms with van der Waals surface area (Å²) in [6, 6.07) is 3.39. The minimum atomic E-state index is -0.253. The molecule has 0 aliphatic carbocycles. The number of aromatic nitrogens is 5. The van der Waals surface area contributed by atoms with E-state index in [1.165, 1.54) is 18.6 Å². The van der Waals surface area contributed by atoms with Crippen LogP contribution in [0.2, 0.25) is 0 Å². The van der Waals surface area contributed by atoms with Gasteiger partial charge in [-0.3, -0.25) is 14.3 Å². The Labute approximate surface area is 114 Å². The molecule has 0 bridgehead atoms. The fourth-order valence-corrected chi connectivity index (χ4v) is 1.60.